The topological polar surface area (TPSA) is 96.6 Å². The largest absolute Gasteiger partial charge is 0.481 e. The minimum Gasteiger partial charge on any atom is -0.481 e. The van der Waals surface area contributed by atoms with Crippen molar-refractivity contribution < 1.29 is 14.8 Å². The number of aliphatic carboxylic acids is 1. The molecule has 0 radical (unpaired) electrons. The Morgan fingerprint density at radius 2 is 2.15 bits per heavy atom. The van der Waals surface area contributed by atoms with Crippen molar-refractivity contribution in [2.45, 2.75) is 32.6 Å². The van der Waals surface area contributed by atoms with Gasteiger partial charge in [-0.1, -0.05) is 19.8 Å². The third-order valence-corrected chi connectivity index (χ3v) is 2.89. The lowest BCUT2D eigenvalue weighted by Crippen LogP contribution is -2.28. The molecule has 0 bridgehead atoms. The van der Waals surface area contributed by atoms with Crippen molar-refractivity contribution >= 4 is 17.5 Å². The number of carboxylic acid groups (broad SMARTS) is 1. The molecule has 0 fully saturated rings. The van der Waals surface area contributed by atoms with Gasteiger partial charge < -0.3 is 10.0 Å². The quantitative estimate of drug-likeness (QED) is 0.424. The van der Waals surface area contributed by atoms with Crippen LogP contribution in [0.1, 0.15) is 32.6 Å². The van der Waals surface area contributed by atoms with Crippen molar-refractivity contribution in [3.63, 3.8) is 0 Å². The van der Waals surface area contributed by atoms with Crippen molar-refractivity contribution in [2.75, 3.05) is 18.0 Å². The summed E-state index contributed by atoms with van der Waals surface area (Å²) in [6, 6.07) is 2.95. The molecule has 1 rings (SSSR count). The highest BCUT2D eigenvalue weighted by molar-refractivity contribution is 5.67. The van der Waals surface area contributed by atoms with Gasteiger partial charge in [-0.3, -0.25) is 14.9 Å². The van der Waals surface area contributed by atoms with Crippen LogP contribution in [0.5, 0.6) is 0 Å². The first-order chi connectivity index (χ1) is 9.54. The summed E-state index contributed by atoms with van der Waals surface area (Å²) in [4.78, 5) is 26.7. The summed E-state index contributed by atoms with van der Waals surface area (Å²) in [5, 5.41) is 19.3. The van der Waals surface area contributed by atoms with Crippen LogP contribution in [0.25, 0.3) is 0 Å². The highest BCUT2D eigenvalue weighted by Gasteiger charge is 2.12. The zero-order valence-corrected chi connectivity index (χ0v) is 11.5. The number of pyridine rings is 1. The number of carboxylic acids is 1. The van der Waals surface area contributed by atoms with Gasteiger partial charge in [-0.25, -0.2) is 4.98 Å². The zero-order valence-electron chi connectivity index (χ0n) is 11.5. The molecule has 0 spiro atoms. The van der Waals surface area contributed by atoms with E-state index in [0.717, 1.165) is 19.3 Å². The summed E-state index contributed by atoms with van der Waals surface area (Å²) < 4.78 is 0. The predicted octanol–water partition coefficient (Wildman–Crippen LogP) is 2.46. The van der Waals surface area contributed by atoms with Crippen LogP contribution in [0.2, 0.25) is 0 Å². The second-order valence-corrected chi connectivity index (χ2v) is 4.47. The van der Waals surface area contributed by atoms with Crippen LogP contribution in [-0.4, -0.2) is 34.1 Å². The molecule has 110 valence electrons. The van der Waals surface area contributed by atoms with Gasteiger partial charge >= 0.3 is 5.97 Å². The molecule has 0 atom stereocenters. The molecule has 0 unspecified atom stereocenters. The van der Waals surface area contributed by atoms with E-state index in [1.807, 2.05) is 4.90 Å². The Morgan fingerprint density at radius 1 is 1.40 bits per heavy atom. The van der Waals surface area contributed by atoms with Crippen LogP contribution in [-0.2, 0) is 4.79 Å². The molecular weight excluding hydrogens is 262 g/mol. The molecule has 1 N–H and O–H groups in total. The predicted molar refractivity (Wildman–Crippen MR) is 74.9 cm³/mol. The Hall–Kier alpha value is -2.18. The Morgan fingerprint density at radius 3 is 2.65 bits per heavy atom. The second-order valence-electron chi connectivity index (χ2n) is 4.47. The highest BCUT2D eigenvalue weighted by atomic mass is 16.6. The minimum atomic E-state index is -0.868. The Balaban J connectivity index is 2.73. The monoisotopic (exact) mass is 281 g/mol. The fourth-order valence-corrected chi connectivity index (χ4v) is 1.80. The van der Waals surface area contributed by atoms with Crippen LogP contribution in [0.15, 0.2) is 18.3 Å². The molecule has 0 saturated carbocycles. The lowest BCUT2D eigenvalue weighted by molar-refractivity contribution is -0.385. The summed E-state index contributed by atoms with van der Waals surface area (Å²) in [5.74, 6) is -0.291. The number of nitrogens with zero attached hydrogens (tertiary/aromatic N) is 3. The van der Waals surface area contributed by atoms with Gasteiger partial charge in [0.15, 0.2) is 0 Å². The molecular formula is C13H19N3O4. The number of nitro groups is 1. The Labute approximate surface area is 117 Å². The van der Waals surface area contributed by atoms with Gasteiger partial charge in [0, 0.05) is 19.2 Å². The smallest absolute Gasteiger partial charge is 0.305 e. The molecule has 0 amide bonds. The molecule has 0 aliphatic rings. The van der Waals surface area contributed by atoms with Crippen molar-refractivity contribution in [1.82, 2.24) is 4.98 Å². The molecule has 0 saturated heterocycles. The maximum Gasteiger partial charge on any atom is 0.305 e. The zero-order chi connectivity index (χ0) is 15.0. The van der Waals surface area contributed by atoms with Gasteiger partial charge in [-0.15, -0.1) is 0 Å². The fourth-order valence-electron chi connectivity index (χ4n) is 1.80. The van der Waals surface area contributed by atoms with Gasteiger partial charge in [0.05, 0.1) is 11.3 Å². The number of rotatable bonds is 9. The number of anilines is 1. The van der Waals surface area contributed by atoms with E-state index < -0.39 is 10.9 Å². The van der Waals surface area contributed by atoms with Crippen LogP contribution in [0, 0.1) is 10.1 Å². The molecule has 0 aromatic carbocycles. The van der Waals surface area contributed by atoms with E-state index in [4.69, 9.17) is 5.11 Å². The summed E-state index contributed by atoms with van der Waals surface area (Å²) >= 11 is 0. The third-order valence-electron chi connectivity index (χ3n) is 2.89. The molecule has 1 aromatic heterocycles. The molecule has 7 heteroatoms. The van der Waals surface area contributed by atoms with E-state index in [0.29, 0.717) is 18.9 Å². The van der Waals surface area contributed by atoms with Crippen molar-refractivity contribution in [3.05, 3.63) is 28.4 Å². The number of aromatic nitrogens is 1. The maximum atomic E-state index is 10.7. The summed E-state index contributed by atoms with van der Waals surface area (Å²) in [7, 11) is 0. The van der Waals surface area contributed by atoms with Crippen molar-refractivity contribution in [1.29, 1.82) is 0 Å². The molecule has 20 heavy (non-hydrogen) atoms. The van der Waals surface area contributed by atoms with E-state index in [9.17, 15) is 14.9 Å². The third kappa shape index (κ3) is 5.21. The van der Waals surface area contributed by atoms with E-state index in [2.05, 4.69) is 11.9 Å². The van der Waals surface area contributed by atoms with Gasteiger partial charge in [-0.05, 0) is 12.5 Å². The fraction of sp³-hybridized carbons (Fsp3) is 0.538. The summed E-state index contributed by atoms with van der Waals surface area (Å²) in [6.45, 7) is 3.14. The van der Waals surface area contributed by atoms with Crippen LogP contribution in [0.4, 0.5) is 11.5 Å². The first-order valence-corrected chi connectivity index (χ1v) is 6.61. The minimum absolute atomic E-state index is 0.0186. The van der Waals surface area contributed by atoms with Crippen LogP contribution < -0.4 is 4.90 Å². The van der Waals surface area contributed by atoms with Gasteiger partial charge in [0.25, 0.3) is 5.69 Å². The normalized spacial score (nSPS) is 10.2. The number of unbranched alkanes of at least 4 members (excludes halogenated alkanes) is 2. The van der Waals surface area contributed by atoms with Gasteiger partial charge in [0.2, 0.25) is 0 Å². The Kier molecular flexibility index (Phi) is 6.42. The van der Waals surface area contributed by atoms with Crippen LogP contribution in [0.3, 0.4) is 0 Å². The maximum absolute atomic E-state index is 10.7. The molecule has 0 aliphatic carbocycles. The summed E-state index contributed by atoms with van der Waals surface area (Å²) in [6.07, 6.45) is 4.28. The highest BCUT2D eigenvalue weighted by Crippen LogP contribution is 2.16. The standard InChI is InChI=1S/C13H19N3O4/c1-2-3-4-8-15(9-7-13(17)18)12-6-5-11(10-14-12)16(19)20/h5-6,10H,2-4,7-9H2,1H3,(H,17,18). The van der Waals surface area contributed by atoms with Gasteiger partial charge in [-0.2, -0.15) is 0 Å². The van der Waals surface area contributed by atoms with Crippen LogP contribution >= 0.6 is 0 Å². The number of hydrogen-bond donors (Lipinski definition) is 1. The Bertz CT molecular complexity index is 447. The number of hydrogen-bond acceptors (Lipinski definition) is 5. The van der Waals surface area contributed by atoms with Crippen molar-refractivity contribution in [2.24, 2.45) is 0 Å². The molecule has 7 nitrogen and oxygen atoms in total. The molecule has 1 aromatic rings. The average molecular weight is 281 g/mol. The van der Waals surface area contributed by atoms with Gasteiger partial charge in [0.1, 0.15) is 12.0 Å². The summed E-state index contributed by atoms with van der Waals surface area (Å²) in [5.41, 5.74) is -0.0690. The van der Waals surface area contributed by atoms with E-state index >= 15 is 0 Å². The first-order valence-electron chi connectivity index (χ1n) is 6.61. The lowest BCUT2D eigenvalue weighted by atomic mass is 10.2. The molecule has 0 aliphatic heterocycles. The van der Waals surface area contributed by atoms with E-state index in [1.165, 1.54) is 12.3 Å². The van der Waals surface area contributed by atoms with Crippen molar-refractivity contribution in [3.8, 4) is 0 Å². The first kappa shape index (κ1) is 15.9. The lowest BCUT2D eigenvalue weighted by Gasteiger charge is -2.22. The number of carbonyl (C=O) groups is 1. The van der Waals surface area contributed by atoms with E-state index in [1.54, 1.807) is 6.07 Å². The second kappa shape index (κ2) is 8.08. The average Bonchev–Trinajstić information content (AvgIpc) is 2.42. The SMILES string of the molecule is CCCCCN(CCC(=O)O)c1ccc([N+](=O)[O-])cn1. The van der Waals surface area contributed by atoms with E-state index in [-0.39, 0.29) is 12.1 Å². The molecule has 1 heterocycles.